The molecule has 14 heteroatoms. The number of ether oxygens (including phenoxy) is 2. The molecule has 0 aromatic heterocycles. The molecular formula is C41H57BF2N2O8S. The van der Waals surface area contributed by atoms with Gasteiger partial charge in [-0.25, -0.2) is 18.4 Å². The molecule has 0 fully saturated rings. The maximum Gasteiger partial charge on any atom is 0.488 e. The largest absolute Gasteiger partial charge is 0.488 e. The lowest BCUT2D eigenvalue weighted by Gasteiger charge is -2.23. The van der Waals surface area contributed by atoms with Gasteiger partial charge < -0.3 is 30.2 Å². The SMILES string of the molecule is CCC[C@@H](NC(=O)OC(C)(C)C)C(=O)Sc1ccc(C)cc1.CCC[C@@H](NC(=O)OC(C)(C)C)C(=O)c1cccc(F)c1C.Cc1c(F)cccc1B(O)O. The molecule has 0 aliphatic rings. The smallest absolute Gasteiger partial charge is 0.444 e. The van der Waals surface area contributed by atoms with Crippen LogP contribution in [0, 0.1) is 32.4 Å². The Kier molecular flexibility index (Phi) is 20.3. The average Bonchev–Trinajstić information content (AvgIpc) is 3.06. The summed E-state index contributed by atoms with van der Waals surface area (Å²) < 4.78 is 36.7. The highest BCUT2D eigenvalue weighted by atomic mass is 32.2. The molecule has 55 heavy (non-hydrogen) atoms. The summed E-state index contributed by atoms with van der Waals surface area (Å²) in [5.41, 5.74) is 1.00. The van der Waals surface area contributed by atoms with Crippen LogP contribution in [-0.2, 0) is 14.3 Å². The van der Waals surface area contributed by atoms with Crippen LogP contribution in [-0.4, -0.2) is 63.5 Å². The molecule has 10 nitrogen and oxygen atoms in total. The van der Waals surface area contributed by atoms with Crippen molar-refractivity contribution >= 4 is 47.4 Å². The minimum absolute atomic E-state index is 0.0726. The first-order valence-corrected chi connectivity index (χ1v) is 19.0. The van der Waals surface area contributed by atoms with Crippen molar-refractivity contribution in [2.45, 2.75) is 130 Å². The lowest BCUT2D eigenvalue weighted by molar-refractivity contribution is -0.113. The molecule has 3 aromatic rings. The average molecular weight is 787 g/mol. The van der Waals surface area contributed by atoms with Crippen molar-refractivity contribution in [1.82, 2.24) is 10.6 Å². The quantitative estimate of drug-likeness (QED) is 0.0858. The van der Waals surface area contributed by atoms with E-state index in [9.17, 15) is 28.0 Å². The highest BCUT2D eigenvalue weighted by molar-refractivity contribution is 8.13. The number of benzene rings is 3. The van der Waals surface area contributed by atoms with Gasteiger partial charge in [0.05, 0.1) is 6.04 Å². The Hall–Kier alpha value is -4.27. The van der Waals surface area contributed by atoms with Crippen molar-refractivity contribution < 1.29 is 47.5 Å². The molecule has 3 aromatic carbocycles. The molecule has 2 atom stereocenters. The maximum absolute atomic E-state index is 13.6. The molecule has 0 aliphatic carbocycles. The highest BCUT2D eigenvalue weighted by Gasteiger charge is 2.27. The van der Waals surface area contributed by atoms with E-state index in [0.717, 1.165) is 28.6 Å². The normalized spacial score (nSPS) is 12.1. The number of nitrogens with one attached hydrogen (secondary N) is 2. The van der Waals surface area contributed by atoms with Crippen LogP contribution in [0.5, 0.6) is 0 Å². The van der Waals surface area contributed by atoms with E-state index in [1.807, 2.05) is 45.0 Å². The fourth-order valence-corrected chi connectivity index (χ4v) is 5.58. The summed E-state index contributed by atoms with van der Waals surface area (Å²) >= 11 is 1.15. The standard InChI is InChI=1S/C17H24FNO3.C17H25NO3S.C7H8BFO2/c1-6-8-14(19-16(21)22-17(3,4)5)15(20)12-9-7-10-13(18)11(12)2;1-6-7-14(18-16(20)21-17(3,4)5)15(19)22-13-10-8-12(2)9-11-13;1-5-6(8(10)11)3-2-4-7(5)9/h7,9-10,14H,6,8H2,1-5H3,(H,19,21);8-11,14H,6-7H2,1-5H3,(H,18,20);2-4,10-11H,1H3/t2*14-;/m11./s1. The van der Waals surface area contributed by atoms with Crippen molar-refractivity contribution in [3.05, 3.63) is 94.6 Å². The summed E-state index contributed by atoms with van der Waals surface area (Å²) in [5.74, 6) is -1.15. The third-order valence-corrected chi connectivity index (χ3v) is 8.49. The zero-order chi connectivity index (χ0) is 42.1. The number of ketones is 1. The fourth-order valence-electron chi connectivity index (χ4n) is 4.75. The van der Waals surface area contributed by atoms with Gasteiger partial charge in [0.25, 0.3) is 0 Å². The van der Waals surface area contributed by atoms with Gasteiger partial charge in [-0.05, 0) is 128 Å². The van der Waals surface area contributed by atoms with Gasteiger partial charge in [0.15, 0.2) is 5.78 Å². The van der Waals surface area contributed by atoms with Gasteiger partial charge in [0, 0.05) is 10.5 Å². The van der Waals surface area contributed by atoms with E-state index in [2.05, 4.69) is 10.6 Å². The number of Topliss-reactive ketones (excluding diaryl/α,β-unsaturated/α-hetero) is 1. The lowest BCUT2D eigenvalue weighted by Crippen LogP contribution is -2.43. The van der Waals surface area contributed by atoms with Crippen molar-refractivity contribution in [1.29, 1.82) is 0 Å². The van der Waals surface area contributed by atoms with Crippen molar-refractivity contribution in [3.63, 3.8) is 0 Å². The summed E-state index contributed by atoms with van der Waals surface area (Å²) in [5, 5.41) is 22.6. The third kappa shape index (κ3) is 18.8. The zero-order valence-corrected chi connectivity index (χ0v) is 34.7. The van der Waals surface area contributed by atoms with Gasteiger partial charge >= 0.3 is 19.3 Å². The monoisotopic (exact) mass is 786 g/mol. The molecular weight excluding hydrogens is 729 g/mol. The number of thioether (sulfide) groups is 1. The van der Waals surface area contributed by atoms with Crippen LogP contribution < -0.4 is 16.1 Å². The number of hydrogen-bond acceptors (Lipinski definition) is 9. The first-order valence-electron chi connectivity index (χ1n) is 18.2. The van der Waals surface area contributed by atoms with E-state index in [4.69, 9.17) is 19.5 Å². The lowest BCUT2D eigenvalue weighted by atomic mass is 9.77. The minimum atomic E-state index is -1.59. The second-order valence-electron chi connectivity index (χ2n) is 14.8. The van der Waals surface area contributed by atoms with Gasteiger partial charge in [0.2, 0.25) is 5.12 Å². The van der Waals surface area contributed by atoms with Crippen LogP contribution in [0.25, 0.3) is 0 Å². The predicted octanol–water partition coefficient (Wildman–Crippen LogP) is 8.13. The van der Waals surface area contributed by atoms with Crippen molar-refractivity contribution in [2.75, 3.05) is 0 Å². The second-order valence-corrected chi connectivity index (χ2v) is 15.9. The molecule has 0 saturated heterocycles. The van der Waals surface area contributed by atoms with Crippen LogP contribution in [0.3, 0.4) is 0 Å². The second kappa shape index (κ2) is 23.0. The Morgan fingerprint density at radius 3 is 1.62 bits per heavy atom. The van der Waals surface area contributed by atoms with Gasteiger partial charge in [0.1, 0.15) is 28.9 Å². The summed E-state index contributed by atoms with van der Waals surface area (Å²) in [4.78, 5) is 49.6. The number of hydrogen-bond donors (Lipinski definition) is 4. The first kappa shape index (κ1) is 48.8. The molecule has 0 spiro atoms. The van der Waals surface area contributed by atoms with Gasteiger partial charge in [-0.2, -0.15) is 0 Å². The molecule has 0 aliphatic heterocycles. The Morgan fingerprint density at radius 2 is 1.16 bits per heavy atom. The maximum atomic E-state index is 13.6. The van der Waals surface area contributed by atoms with Crippen molar-refractivity contribution in [3.8, 4) is 0 Å². The number of carbonyl (C=O) groups is 4. The van der Waals surface area contributed by atoms with Crippen LogP contribution in [0.1, 0.15) is 108 Å². The first-order chi connectivity index (χ1) is 25.5. The molecule has 0 heterocycles. The van der Waals surface area contributed by atoms with Gasteiger partial charge in [-0.3, -0.25) is 9.59 Å². The summed E-state index contributed by atoms with van der Waals surface area (Å²) in [6, 6.07) is 15.1. The molecule has 0 saturated carbocycles. The third-order valence-electron chi connectivity index (χ3n) is 7.50. The van der Waals surface area contributed by atoms with E-state index in [1.54, 1.807) is 54.5 Å². The van der Waals surface area contributed by atoms with Crippen LogP contribution in [0.2, 0.25) is 0 Å². The van der Waals surface area contributed by atoms with E-state index in [-0.39, 0.29) is 27.5 Å². The van der Waals surface area contributed by atoms with E-state index >= 15 is 0 Å². The Balaban J connectivity index is 0.000000435. The van der Waals surface area contributed by atoms with E-state index < -0.39 is 54.2 Å². The number of aryl methyl sites for hydroxylation is 1. The van der Waals surface area contributed by atoms with Crippen LogP contribution in [0.4, 0.5) is 18.4 Å². The Bertz CT molecular complexity index is 1710. The molecule has 4 N–H and O–H groups in total. The molecule has 2 amide bonds. The van der Waals surface area contributed by atoms with Gasteiger partial charge in [-0.1, -0.05) is 68.7 Å². The number of halogens is 2. The topological polar surface area (TPSA) is 151 Å². The zero-order valence-electron chi connectivity index (χ0n) is 33.8. The van der Waals surface area contributed by atoms with Crippen molar-refractivity contribution in [2.24, 2.45) is 0 Å². The van der Waals surface area contributed by atoms with Crippen LogP contribution in [0.15, 0.2) is 65.6 Å². The van der Waals surface area contributed by atoms with Crippen LogP contribution >= 0.6 is 11.8 Å². The number of carbonyl (C=O) groups excluding carboxylic acids is 4. The highest BCUT2D eigenvalue weighted by Crippen LogP contribution is 2.22. The summed E-state index contributed by atoms with van der Waals surface area (Å²) in [7, 11) is -1.59. The molecule has 0 unspecified atom stereocenters. The number of amides is 2. The molecule has 0 radical (unpaired) electrons. The summed E-state index contributed by atoms with van der Waals surface area (Å²) in [6.45, 7) is 19.6. The molecule has 302 valence electrons. The fraction of sp³-hybridized carbons (Fsp3) is 0.463. The molecule has 0 bridgehead atoms. The summed E-state index contributed by atoms with van der Waals surface area (Å²) in [6.07, 6.45) is 1.38. The number of rotatable bonds is 11. The minimum Gasteiger partial charge on any atom is -0.444 e. The van der Waals surface area contributed by atoms with Gasteiger partial charge in [-0.15, -0.1) is 0 Å². The van der Waals surface area contributed by atoms with E-state index in [0.29, 0.717) is 24.8 Å². The Labute approximate surface area is 329 Å². The predicted molar refractivity (Wildman–Crippen MR) is 215 cm³/mol. The Morgan fingerprint density at radius 1 is 0.709 bits per heavy atom. The van der Waals surface area contributed by atoms with E-state index in [1.165, 1.54) is 37.3 Å². The number of alkyl carbamates (subject to hydrolysis) is 2. The molecule has 3 rings (SSSR count).